The molecule has 0 saturated carbocycles. The normalized spacial score (nSPS) is 14.2. The fourth-order valence-corrected chi connectivity index (χ4v) is 3.87. The summed E-state index contributed by atoms with van der Waals surface area (Å²) < 4.78 is 3.90. The summed E-state index contributed by atoms with van der Waals surface area (Å²) in [5.74, 6) is 0.303. The smallest absolute Gasteiger partial charge is 0.158 e. The van der Waals surface area contributed by atoms with Crippen LogP contribution >= 0.6 is 0 Å². The van der Waals surface area contributed by atoms with E-state index >= 15 is 0 Å². The van der Waals surface area contributed by atoms with Gasteiger partial charge in [0.25, 0.3) is 0 Å². The van der Waals surface area contributed by atoms with Crippen molar-refractivity contribution in [2.75, 3.05) is 6.54 Å². The van der Waals surface area contributed by atoms with Gasteiger partial charge in [-0.15, -0.1) is 0 Å². The Hall–Kier alpha value is -3.00. The van der Waals surface area contributed by atoms with Crippen LogP contribution < -0.4 is 5.32 Å². The van der Waals surface area contributed by atoms with Crippen LogP contribution in [0.25, 0.3) is 28.3 Å². The largest absolute Gasteiger partial charge is 0.309 e. The lowest BCUT2D eigenvalue weighted by Gasteiger charge is -2.13. The first-order valence-electron chi connectivity index (χ1n) is 9.28. The maximum Gasteiger partial charge on any atom is 0.158 e. The molecule has 4 aromatic rings. The number of aromatic nitrogens is 7. The van der Waals surface area contributed by atoms with Gasteiger partial charge in [-0.05, 0) is 30.5 Å². The molecule has 0 amide bonds. The number of hydrogen-bond acceptors (Lipinski definition) is 5. The molecule has 0 atom stereocenters. The summed E-state index contributed by atoms with van der Waals surface area (Å²) in [6.45, 7) is 9.14. The van der Waals surface area contributed by atoms with Gasteiger partial charge in [-0.1, -0.05) is 13.8 Å². The summed E-state index contributed by atoms with van der Waals surface area (Å²) >= 11 is 0. The second-order valence-corrected chi connectivity index (χ2v) is 7.38. The lowest BCUT2D eigenvalue weighted by Crippen LogP contribution is -2.28. The van der Waals surface area contributed by atoms with Gasteiger partial charge >= 0.3 is 0 Å². The number of hydrogen-bond donors (Lipinski definition) is 2. The van der Waals surface area contributed by atoms with Crippen molar-refractivity contribution in [2.24, 2.45) is 0 Å². The predicted octanol–water partition coefficient (Wildman–Crippen LogP) is 2.52. The molecule has 5 heterocycles. The van der Waals surface area contributed by atoms with Gasteiger partial charge in [-0.25, -0.2) is 9.50 Å². The molecule has 0 spiro atoms. The second kappa shape index (κ2) is 6.02. The van der Waals surface area contributed by atoms with Crippen LogP contribution in [0.4, 0.5) is 0 Å². The molecule has 1 aliphatic heterocycles. The van der Waals surface area contributed by atoms with Gasteiger partial charge in [-0.3, -0.25) is 9.78 Å². The summed E-state index contributed by atoms with van der Waals surface area (Å²) in [5, 5.41) is 20.4. The molecule has 2 N–H and O–H groups in total. The minimum absolute atomic E-state index is 0.303. The van der Waals surface area contributed by atoms with Gasteiger partial charge in [0.15, 0.2) is 5.65 Å². The molecule has 5 rings (SSSR count). The Morgan fingerprint density at radius 1 is 1.22 bits per heavy atom. The van der Waals surface area contributed by atoms with Crippen LogP contribution in [0.3, 0.4) is 0 Å². The Morgan fingerprint density at radius 2 is 2.11 bits per heavy atom. The number of fused-ring (bicyclic) bond motifs is 2. The lowest BCUT2D eigenvalue weighted by molar-refractivity contribution is 0.476. The number of aromatic amines is 1. The average Bonchev–Trinajstić information content (AvgIpc) is 3.37. The molecule has 4 aromatic heterocycles. The third kappa shape index (κ3) is 2.56. The van der Waals surface area contributed by atoms with Crippen LogP contribution in [-0.4, -0.2) is 41.1 Å². The minimum Gasteiger partial charge on any atom is -0.309 e. The van der Waals surface area contributed by atoms with Crippen LogP contribution in [-0.2, 0) is 13.1 Å². The quantitative estimate of drug-likeness (QED) is 0.585. The van der Waals surface area contributed by atoms with Crippen molar-refractivity contribution in [3.05, 3.63) is 41.5 Å². The first kappa shape index (κ1) is 16.2. The number of nitrogens with zero attached hydrogens (tertiary/aromatic N) is 6. The zero-order chi connectivity index (χ0) is 18.5. The molecule has 1 aliphatic rings. The van der Waals surface area contributed by atoms with Crippen molar-refractivity contribution in [1.82, 2.24) is 39.9 Å². The van der Waals surface area contributed by atoms with Crippen LogP contribution in [0.2, 0.25) is 0 Å². The van der Waals surface area contributed by atoms with E-state index in [1.54, 1.807) is 6.33 Å². The molecule has 0 unspecified atom stereocenters. The average molecular weight is 362 g/mol. The minimum atomic E-state index is 0.303. The molecule has 0 aliphatic carbocycles. The molecule has 8 nitrogen and oxygen atoms in total. The van der Waals surface area contributed by atoms with E-state index in [4.69, 9.17) is 5.10 Å². The summed E-state index contributed by atoms with van der Waals surface area (Å²) in [6, 6.07) is 4.28. The molecule has 0 fully saturated rings. The zero-order valence-corrected chi connectivity index (χ0v) is 15.7. The summed E-state index contributed by atoms with van der Waals surface area (Å²) in [4.78, 5) is 4.31. The van der Waals surface area contributed by atoms with Crippen molar-refractivity contribution in [2.45, 2.75) is 39.8 Å². The summed E-state index contributed by atoms with van der Waals surface area (Å²) in [7, 11) is 0. The molecule has 138 valence electrons. The molecule has 0 aromatic carbocycles. The fraction of sp³-hybridized carbons (Fsp3) is 0.368. The maximum atomic E-state index is 4.81. The second-order valence-electron chi connectivity index (χ2n) is 7.38. The topological polar surface area (TPSA) is 88.7 Å². The third-order valence-electron chi connectivity index (χ3n) is 5.14. The number of rotatable bonds is 3. The van der Waals surface area contributed by atoms with Crippen molar-refractivity contribution in [3.63, 3.8) is 0 Å². The van der Waals surface area contributed by atoms with Gasteiger partial charge in [0.05, 0.1) is 23.6 Å². The van der Waals surface area contributed by atoms with E-state index in [0.717, 1.165) is 53.5 Å². The lowest BCUT2D eigenvalue weighted by atomic mass is 9.95. The van der Waals surface area contributed by atoms with E-state index in [1.165, 1.54) is 11.3 Å². The Balaban J connectivity index is 1.66. The first-order chi connectivity index (χ1) is 13.1. The highest BCUT2D eigenvalue weighted by Crippen LogP contribution is 2.35. The summed E-state index contributed by atoms with van der Waals surface area (Å²) in [5.41, 5.74) is 8.27. The number of H-pyrrole nitrogens is 1. The highest BCUT2D eigenvalue weighted by molar-refractivity contribution is 5.74. The number of nitrogens with one attached hydrogen (secondary N) is 2. The molecule has 0 radical (unpaired) electrons. The molecular formula is C19H22N8. The van der Waals surface area contributed by atoms with E-state index in [2.05, 4.69) is 56.3 Å². The monoisotopic (exact) mass is 362 g/mol. The Kier molecular flexibility index (Phi) is 3.61. The standard InChI is InChI=1S/C19H22N8/c1-11(2)16-17(13-6-12(3)19-21-10-22-27(19)9-13)23-24-18(16)15-7-14-8-20-4-5-26(14)25-15/h6-7,9-11,20H,4-5,8H2,1-3H3,(H,23,24). The molecule has 0 bridgehead atoms. The number of pyridine rings is 1. The fourth-order valence-electron chi connectivity index (χ4n) is 3.87. The van der Waals surface area contributed by atoms with Crippen LogP contribution in [0.15, 0.2) is 24.7 Å². The Morgan fingerprint density at radius 3 is 2.93 bits per heavy atom. The van der Waals surface area contributed by atoms with E-state index < -0.39 is 0 Å². The highest BCUT2D eigenvalue weighted by Gasteiger charge is 2.23. The molecule has 8 heteroatoms. The van der Waals surface area contributed by atoms with Crippen LogP contribution in [0.5, 0.6) is 0 Å². The van der Waals surface area contributed by atoms with E-state index in [-0.39, 0.29) is 0 Å². The van der Waals surface area contributed by atoms with Gasteiger partial charge in [-0.2, -0.15) is 15.3 Å². The maximum absolute atomic E-state index is 4.81. The summed E-state index contributed by atoms with van der Waals surface area (Å²) in [6.07, 6.45) is 3.57. The SMILES string of the molecule is Cc1cc(-c2n[nH]c(-c3cc4n(n3)CCNC4)c2C(C)C)cn2ncnc12. The van der Waals surface area contributed by atoms with E-state index in [1.807, 2.05) is 17.6 Å². The Bertz CT molecular complexity index is 1110. The van der Waals surface area contributed by atoms with Crippen molar-refractivity contribution in [1.29, 1.82) is 0 Å². The highest BCUT2D eigenvalue weighted by atomic mass is 15.3. The molecule has 0 saturated heterocycles. The van der Waals surface area contributed by atoms with Gasteiger partial charge in [0.2, 0.25) is 0 Å². The molecule has 27 heavy (non-hydrogen) atoms. The van der Waals surface area contributed by atoms with Crippen LogP contribution in [0.1, 0.15) is 36.6 Å². The van der Waals surface area contributed by atoms with Crippen LogP contribution in [0, 0.1) is 6.92 Å². The third-order valence-corrected chi connectivity index (χ3v) is 5.14. The Labute approximate surface area is 156 Å². The number of aryl methyl sites for hydroxylation is 1. The van der Waals surface area contributed by atoms with E-state index in [0.29, 0.717) is 5.92 Å². The van der Waals surface area contributed by atoms with Gasteiger partial charge in [0, 0.05) is 30.4 Å². The van der Waals surface area contributed by atoms with Crippen molar-refractivity contribution < 1.29 is 0 Å². The van der Waals surface area contributed by atoms with Crippen molar-refractivity contribution >= 4 is 5.65 Å². The predicted molar refractivity (Wildman–Crippen MR) is 102 cm³/mol. The zero-order valence-electron chi connectivity index (χ0n) is 15.7. The van der Waals surface area contributed by atoms with Crippen molar-refractivity contribution in [3.8, 4) is 22.6 Å². The van der Waals surface area contributed by atoms with Gasteiger partial charge in [0.1, 0.15) is 12.0 Å². The van der Waals surface area contributed by atoms with Gasteiger partial charge < -0.3 is 5.32 Å². The molecular weight excluding hydrogens is 340 g/mol. The van der Waals surface area contributed by atoms with E-state index in [9.17, 15) is 0 Å². The first-order valence-corrected chi connectivity index (χ1v) is 9.28.